The zero-order valence-electron chi connectivity index (χ0n) is 12.6. The molecule has 8 nitrogen and oxygen atoms in total. The Labute approximate surface area is 145 Å². The van der Waals surface area contributed by atoms with Crippen LogP contribution in [0.15, 0.2) is 45.6 Å². The number of pyridine rings is 1. The number of urea groups is 1. The van der Waals surface area contributed by atoms with Gasteiger partial charge in [-0.15, -0.1) is 0 Å². The highest BCUT2D eigenvalue weighted by atomic mass is 79.9. The second-order valence-corrected chi connectivity index (χ2v) is 6.25. The summed E-state index contributed by atoms with van der Waals surface area (Å²) in [6.07, 6.45) is 2.94. The summed E-state index contributed by atoms with van der Waals surface area (Å²) in [5.41, 5.74) is -1.32. The van der Waals surface area contributed by atoms with Crippen LogP contribution >= 0.6 is 15.9 Å². The van der Waals surface area contributed by atoms with Gasteiger partial charge in [0.1, 0.15) is 18.1 Å². The summed E-state index contributed by atoms with van der Waals surface area (Å²) in [5, 5.41) is 5.08. The number of aromatic nitrogens is 1. The fraction of sp³-hybridized carbons (Fsp3) is 0.200. The largest absolute Gasteiger partial charge is 0.466 e. The SMILES string of the molecule is CC1(c2ccco2)NC(=O)N(CC(=O)Nc2ccc(Br)cn2)C1=O. The van der Waals surface area contributed by atoms with Gasteiger partial charge < -0.3 is 15.1 Å². The molecule has 4 amide bonds. The van der Waals surface area contributed by atoms with Crippen molar-refractivity contribution in [2.75, 3.05) is 11.9 Å². The first kappa shape index (κ1) is 16.2. The summed E-state index contributed by atoms with van der Waals surface area (Å²) in [6.45, 7) is 1.11. The van der Waals surface area contributed by atoms with E-state index < -0.39 is 29.9 Å². The number of nitrogens with zero attached hydrogens (tertiary/aromatic N) is 2. The molecule has 0 bridgehead atoms. The molecule has 2 N–H and O–H groups in total. The van der Waals surface area contributed by atoms with Crippen LogP contribution in [0.25, 0.3) is 0 Å². The van der Waals surface area contributed by atoms with Crippen LogP contribution in [0.2, 0.25) is 0 Å². The van der Waals surface area contributed by atoms with Gasteiger partial charge in [-0.1, -0.05) is 0 Å². The summed E-state index contributed by atoms with van der Waals surface area (Å²) in [4.78, 5) is 41.6. The van der Waals surface area contributed by atoms with Crippen LogP contribution in [0.1, 0.15) is 12.7 Å². The molecule has 0 saturated carbocycles. The van der Waals surface area contributed by atoms with Gasteiger partial charge in [-0.3, -0.25) is 14.5 Å². The van der Waals surface area contributed by atoms with Gasteiger partial charge in [-0.2, -0.15) is 0 Å². The summed E-state index contributed by atoms with van der Waals surface area (Å²) < 4.78 is 5.99. The van der Waals surface area contributed by atoms with Gasteiger partial charge in [0.15, 0.2) is 5.54 Å². The van der Waals surface area contributed by atoms with E-state index in [1.165, 1.54) is 19.4 Å². The van der Waals surface area contributed by atoms with Gasteiger partial charge >= 0.3 is 6.03 Å². The van der Waals surface area contributed by atoms with Crippen molar-refractivity contribution in [2.24, 2.45) is 0 Å². The van der Waals surface area contributed by atoms with Crippen LogP contribution in [0.4, 0.5) is 10.6 Å². The fourth-order valence-corrected chi connectivity index (χ4v) is 2.58. The molecule has 2 aromatic rings. The monoisotopic (exact) mass is 392 g/mol. The number of halogens is 1. The van der Waals surface area contributed by atoms with E-state index in [-0.39, 0.29) is 0 Å². The predicted octanol–water partition coefficient (Wildman–Crippen LogP) is 1.84. The molecule has 1 fully saturated rings. The van der Waals surface area contributed by atoms with Crippen LogP contribution in [0, 0.1) is 0 Å². The van der Waals surface area contributed by atoms with Crippen LogP contribution in [-0.2, 0) is 15.1 Å². The highest BCUT2D eigenvalue weighted by Crippen LogP contribution is 2.28. The Kier molecular flexibility index (Phi) is 4.10. The Morgan fingerprint density at radius 2 is 2.21 bits per heavy atom. The van der Waals surface area contributed by atoms with Crippen molar-refractivity contribution in [3.05, 3.63) is 47.0 Å². The lowest BCUT2D eigenvalue weighted by atomic mass is 9.99. The molecular formula is C15H13BrN4O4. The minimum absolute atomic E-state index is 0.304. The first-order valence-corrected chi connectivity index (χ1v) is 7.79. The Morgan fingerprint density at radius 3 is 2.83 bits per heavy atom. The van der Waals surface area contributed by atoms with Crippen molar-refractivity contribution in [1.29, 1.82) is 0 Å². The highest BCUT2D eigenvalue weighted by molar-refractivity contribution is 9.10. The van der Waals surface area contributed by atoms with Gasteiger partial charge in [0.05, 0.1) is 6.26 Å². The number of amides is 4. The molecule has 1 aliphatic heterocycles. The van der Waals surface area contributed by atoms with E-state index in [1.807, 2.05) is 0 Å². The minimum atomic E-state index is -1.32. The lowest BCUT2D eigenvalue weighted by molar-refractivity contribution is -0.134. The van der Waals surface area contributed by atoms with E-state index in [4.69, 9.17) is 4.42 Å². The molecule has 1 unspecified atom stereocenters. The third kappa shape index (κ3) is 2.90. The van der Waals surface area contributed by atoms with E-state index in [0.29, 0.717) is 11.6 Å². The van der Waals surface area contributed by atoms with Gasteiger partial charge in [-0.05, 0) is 47.1 Å². The maximum absolute atomic E-state index is 12.5. The second-order valence-electron chi connectivity index (χ2n) is 5.33. The number of hydrogen-bond donors (Lipinski definition) is 2. The van der Waals surface area contributed by atoms with Crippen LogP contribution in [0.5, 0.6) is 0 Å². The number of anilines is 1. The summed E-state index contributed by atoms with van der Waals surface area (Å²) >= 11 is 3.24. The van der Waals surface area contributed by atoms with Crippen molar-refractivity contribution < 1.29 is 18.8 Å². The molecule has 0 aliphatic carbocycles. The number of rotatable bonds is 4. The molecule has 9 heteroatoms. The number of furan rings is 1. The molecule has 0 spiro atoms. The molecule has 124 valence electrons. The first-order chi connectivity index (χ1) is 11.4. The number of carbonyl (C=O) groups is 3. The smallest absolute Gasteiger partial charge is 0.325 e. The number of carbonyl (C=O) groups excluding carboxylic acids is 3. The van der Waals surface area contributed by atoms with Gasteiger partial charge in [0, 0.05) is 10.7 Å². The standard InChI is InChI=1S/C15H13BrN4O4/c1-15(10-3-2-6-24-10)13(22)20(14(23)19-15)8-12(21)18-11-5-4-9(16)7-17-11/h2-7H,8H2,1H3,(H,19,23)(H,17,18,21). The topological polar surface area (TPSA) is 105 Å². The normalized spacial score (nSPS) is 20.2. The van der Waals surface area contributed by atoms with E-state index in [0.717, 1.165) is 9.37 Å². The van der Waals surface area contributed by atoms with Crippen molar-refractivity contribution in [2.45, 2.75) is 12.5 Å². The van der Waals surface area contributed by atoms with Crippen LogP contribution < -0.4 is 10.6 Å². The Bertz CT molecular complexity index is 790. The highest BCUT2D eigenvalue weighted by Gasteiger charge is 2.51. The summed E-state index contributed by atoms with van der Waals surface area (Å²) in [6, 6.07) is 5.87. The summed E-state index contributed by atoms with van der Waals surface area (Å²) in [5.74, 6) is -0.458. The molecule has 24 heavy (non-hydrogen) atoms. The number of nitrogens with one attached hydrogen (secondary N) is 2. The maximum Gasteiger partial charge on any atom is 0.325 e. The third-order valence-electron chi connectivity index (χ3n) is 3.59. The Morgan fingerprint density at radius 1 is 1.42 bits per heavy atom. The zero-order valence-corrected chi connectivity index (χ0v) is 14.2. The molecule has 2 aromatic heterocycles. The second kappa shape index (κ2) is 6.08. The lowest BCUT2D eigenvalue weighted by Gasteiger charge is -2.18. The molecule has 0 radical (unpaired) electrons. The molecular weight excluding hydrogens is 380 g/mol. The summed E-state index contributed by atoms with van der Waals surface area (Å²) in [7, 11) is 0. The van der Waals surface area contributed by atoms with Crippen molar-refractivity contribution in [3.63, 3.8) is 0 Å². The van der Waals surface area contributed by atoms with E-state index in [9.17, 15) is 14.4 Å². The third-order valence-corrected chi connectivity index (χ3v) is 4.05. The minimum Gasteiger partial charge on any atom is -0.466 e. The lowest BCUT2D eigenvalue weighted by Crippen LogP contribution is -2.41. The van der Waals surface area contributed by atoms with Crippen molar-refractivity contribution in [3.8, 4) is 0 Å². The fourth-order valence-electron chi connectivity index (χ4n) is 2.35. The predicted molar refractivity (Wildman–Crippen MR) is 86.9 cm³/mol. The van der Waals surface area contributed by atoms with E-state index >= 15 is 0 Å². The average Bonchev–Trinajstić information content (AvgIpc) is 3.14. The molecule has 1 atom stereocenters. The van der Waals surface area contributed by atoms with E-state index in [2.05, 4.69) is 31.5 Å². The molecule has 0 aromatic carbocycles. The van der Waals surface area contributed by atoms with Gasteiger partial charge in [-0.25, -0.2) is 9.78 Å². The average molecular weight is 393 g/mol. The Balaban J connectivity index is 1.71. The zero-order chi connectivity index (χ0) is 17.3. The van der Waals surface area contributed by atoms with Gasteiger partial charge in [0.2, 0.25) is 5.91 Å². The quantitative estimate of drug-likeness (QED) is 0.772. The van der Waals surface area contributed by atoms with Crippen LogP contribution in [0.3, 0.4) is 0 Å². The molecule has 3 heterocycles. The molecule has 3 rings (SSSR count). The Hall–Kier alpha value is -2.68. The van der Waals surface area contributed by atoms with Gasteiger partial charge in [0.25, 0.3) is 5.91 Å². The molecule has 1 aliphatic rings. The van der Waals surface area contributed by atoms with E-state index in [1.54, 1.807) is 24.3 Å². The van der Waals surface area contributed by atoms with Crippen LogP contribution in [-0.4, -0.2) is 34.3 Å². The van der Waals surface area contributed by atoms with Crippen molar-refractivity contribution >= 4 is 39.6 Å². The van der Waals surface area contributed by atoms with Crippen molar-refractivity contribution in [1.82, 2.24) is 15.2 Å². The molecule has 1 saturated heterocycles. The maximum atomic E-state index is 12.5. The first-order valence-electron chi connectivity index (χ1n) is 6.99. The number of hydrogen-bond acceptors (Lipinski definition) is 5. The number of imide groups is 1.